The second-order valence-corrected chi connectivity index (χ2v) is 5.77. The molecule has 0 aliphatic carbocycles. The largest absolute Gasteiger partial charge is 0.437 e. The van der Waals surface area contributed by atoms with Crippen molar-refractivity contribution in [1.29, 1.82) is 0 Å². The quantitative estimate of drug-likeness (QED) is 0.876. The molecule has 0 spiro atoms. The number of aryl methyl sites for hydroxylation is 2. The van der Waals surface area contributed by atoms with Gasteiger partial charge in [-0.05, 0) is 31.7 Å². The average Bonchev–Trinajstić information content (AvgIpc) is 2.66. The smallest absolute Gasteiger partial charge is 0.222 e. The summed E-state index contributed by atoms with van der Waals surface area (Å²) in [4.78, 5) is 0. The maximum atomic E-state index is 6.17. The minimum Gasteiger partial charge on any atom is -0.437 e. The number of benzene rings is 1. The summed E-state index contributed by atoms with van der Waals surface area (Å²) in [6.07, 6.45) is 0. The zero-order valence-corrected chi connectivity index (χ0v) is 14.0. The molecule has 0 unspecified atom stereocenters. The van der Waals surface area contributed by atoms with E-state index in [2.05, 4.69) is 33.3 Å². The Morgan fingerprint density at radius 2 is 2.20 bits per heavy atom. The average molecular weight is 359 g/mol. The number of rotatable bonds is 5. The van der Waals surface area contributed by atoms with Crippen LogP contribution in [0.25, 0.3) is 0 Å². The van der Waals surface area contributed by atoms with Gasteiger partial charge < -0.3 is 10.1 Å². The van der Waals surface area contributed by atoms with Crippen molar-refractivity contribution in [3.63, 3.8) is 0 Å². The van der Waals surface area contributed by atoms with Gasteiger partial charge in [-0.1, -0.05) is 34.5 Å². The lowest BCUT2D eigenvalue weighted by atomic mass is 10.2. The third-order valence-corrected chi connectivity index (χ3v) is 3.75. The second-order valence-electron chi connectivity index (χ2n) is 4.45. The van der Waals surface area contributed by atoms with Crippen LogP contribution in [0.4, 0.5) is 0 Å². The fourth-order valence-electron chi connectivity index (χ4n) is 1.92. The highest BCUT2D eigenvalue weighted by molar-refractivity contribution is 9.10. The first-order valence-electron chi connectivity index (χ1n) is 6.39. The van der Waals surface area contributed by atoms with Crippen molar-refractivity contribution < 1.29 is 4.74 Å². The lowest BCUT2D eigenvalue weighted by Gasteiger charge is -2.11. The van der Waals surface area contributed by atoms with Crippen LogP contribution in [0.15, 0.2) is 22.7 Å². The van der Waals surface area contributed by atoms with Gasteiger partial charge in [-0.15, -0.1) is 0 Å². The minimum absolute atomic E-state index is 0.571. The molecule has 20 heavy (non-hydrogen) atoms. The molecule has 0 fully saturated rings. The molecule has 108 valence electrons. The lowest BCUT2D eigenvalue weighted by Crippen LogP contribution is -2.12. The topological polar surface area (TPSA) is 39.1 Å². The fourth-order valence-corrected chi connectivity index (χ4v) is 2.42. The van der Waals surface area contributed by atoms with E-state index < -0.39 is 0 Å². The highest BCUT2D eigenvalue weighted by atomic mass is 79.9. The first-order chi connectivity index (χ1) is 9.52. The minimum atomic E-state index is 0.571. The Morgan fingerprint density at radius 3 is 2.90 bits per heavy atom. The second kappa shape index (κ2) is 6.61. The number of nitrogens with zero attached hydrogens (tertiary/aromatic N) is 2. The van der Waals surface area contributed by atoms with Gasteiger partial charge in [0.25, 0.3) is 0 Å². The molecule has 4 nitrogen and oxygen atoms in total. The highest BCUT2D eigenvalue weighted by Gasteiger charge is 2.16. The third-order valence-electron chi connectivity index (χ3n) is 2.94. The standard InChI is InChI=1S/C14H17BrClN3O/c1-4-17-8-11-9(2)18-19(3)14(11)20-13-7-10(15)5-6-12(13)16/h5-7,17H,4,8H2,1-3H3. The van der Waals surface area contributed by atoms with Crippen LogP contribution in [-0.2, 0) is 13.6 Å². The van der Waals surface area contributed by atoms with E-state index >= 15 is 0 Å². The van der Waals surface area contributed by atoms with E-state index in [0.717, 1.165) is 28.8 Å². The molecule has 1 aromatic carbocycles. The molecule has 1 N–H and O–H groups in total. The maximum Gasteiger partial charge on any atom is 0.222 e. The first kappa shape index (κ1) is 15.4. The number of hydrogen-bond acceptors (Lipinski definition) is 3. The van der Waals surface area contributed by atoms with Gasteiger partial charge in [0.2, 0.25) is 5.88 Å². The Morgan fingerprint density at radius 1 is 1.45 bits per heavy atom. The van der Waals surface area contributed by atoms with Gasteiger partial charge in [0, 0.05) is 18.1 Å². The van der Waals surface area contributed by atoms with Crippen molar-refractivity contribution in [2.24, 2.45) is 7.05 Å². The van der Waals surface area contributed by atoms with Crippen molar-refractivity contribution in [2.75, 3.05) is 6.54 Å². The van der Waals surface area contributed by atoms with Crippen LogP contribution in [0, 0.1) is 6.92 Å². The monoisotopic (exact) mass is 357 g/mol. The van der Waals surface area contributed by atoms with Crippen molar-refractivity contribution in [2.45, 2.75) is 20.4 Å². The molecule has 1 aromatic heterocycles. The van der Waals surface area contributed by atoms with Gasteiger partial charge in [0.15, 0.2) is 0 Å². The van der Waals surface area contributed by atoms with E-state index in [1.807, 2.05) is 26.1 Å². The summed E-state index contributed by atoms with van der Waals surface area (Å²) in [5, 5.41) is 8.28. The van der Waals surface area contributed by atoms with Crippen molar-refractivity contribution >= 4 is 27.5 Å². The molecule has 0 radical (unpaired) electrons. The van der Waals surface area contributed by atoms with Crippen LogP contribution < -0.4 is 10.1 Å². The molecular formula is C14H17BrClN3O. The Bertz CT molecular complexity index is 613. The zero-order valence-electron chi connectivity index (χ0n) is 11.7. The van der Waals surface area contributed by atoms with E-state index in [1.165, 1.54) is 0 Å². The summed E-state index contributed by atoms with van der Waals surface area (Å²) >= 11 is 9.59. The predicted octanol–water partition coefficient (Wildman–Crippen LogP) is 4.05. The van der Waals surface area contributed by atoms with E-state index in [-0.39, 0.29) is 0 Å². The molecule has 0 aliphatic heterocycles. The van der Waals surface area contributed by atoms with Gasteiger partial charge >= 0.3 is 0 Å². The van der Waals surface area contributed by atoms with E-state index in [9.17, 15) is 0 Å². The molecule has 0 aliphatic rings. The van der Waals surface area contributed by atoms with Crippen molar-refractivity contribution in [1.82, 2.24) is 15.1 Å². The summed E-state index contributed by atoms with van der Waals surface area (Å²) in [7, 11) is 1.86. The van der Waals surface area contributed by atoms with Crippen LogP contribution >= 0.6 is 27.5 Å². The number of hydrogen-bond donors (Lipinski definition) is 1. The summed E-state index contributed by atoms with van der Waals surface area (Å²) in [5.41, 5.74) is 2.00. The van der Waals surface area contributed by atoms with Gasteiger partial charge in [-0.3, -0.25) is 0 Å². The molecule has 2 aromatic rings. The normalized spacial score (nSPS) is 10.8. The molecule has 0 amide bonds. The zero-order chi connectivity index (χ0) is 14.7. The first-order valence-corrected chi connectivity index (χ1v) is 7.56. The van der Waals surface area contributed by atoms with Gasteiger partial charge in [0.05, 0.1) is 16.3 Å². The van der Waals surface area contributed by atoms with E-state index in [4.69, 9.17) is 16.3 Å². The lowest BCUT2D eigenvalue weighted by molar-refractivity contribution is 0.424. The fraction of sp³-hybridized carbons (Fsp3) is 0.357. The highest BCUT2D eigenvalue weighted by Crippen LogP contribution is 2.34. The van der Waals surface area contributed by atoms with Crippen molar-refractivity contribution in [3.8, 4) is 11.6 Å². The van der Waals surface area contributed by atoms with Crippen LogP contribution in [0.1, 0.15) is 18.2 Å². The van der Waals surface area contributed by atoms with Crippen LogP contribution in [0.2, 0.25) is 5.02 Å². The van der Waals surface area contributed by atoms with Crippen LogP contribution in [-0.4, -0.2) is 16.3 Å². The number of aromatic nitrogens is 2. The summed E-state index contributed by atoms with van der Waals surface area (Å²) in [6.45, 7) is 5.65. The van der Waals surface area contributed by atoms with E-state index in [1.54, 1.807) is 10.7 Å². The number of nitrogens with one attached hydrogen (secondary N) is 1. The molecule has 1 heterocycles. The summed E-state index contributed by atoms with van der Waals surface area (Å²) in [5.74, 6) is 1.32. The molecule has 2 rings (SSSR count). The van der Waals surface area contributed by atoms with Crippen LogP contribution in [0.5, 0.6) is 11.6 Å². The van der Waals surface area contributed by atoms with Crippen LogP contribution in [0.3, 0.4) is 0 Å². The SMILES string of the molecule is CCNCc1c(C)nn(C)c1Oc1cc(Br)ccc1Cl. The van der Waals surface area contributed by atoms with Gasteiger partial charge in [-0.25, -0.2) is 4.68 Å². The third kappa shape index (κ3) is 3.34. The molecule has 0 bridgehead atoms. The molecule has 6 heteroatoms. The number of ether oxygens (including phenoxy) is 1. The maximum absolute atomic E-state index is 6.17. The molecular weight excluding hydrogens is 342 g/mol. The molecule has 0 saturated heterocycles. The Kier molecular flexibility index (Phi) is 5.07. The molecule has 0 saturated carbocycles. The van der Waals surface area contributed by atoms with E-state index in [0.29, 0.717) is 16.7 Å². The van der Waals surface area contributed by atoms with Gasteiger partial charge in [-0.2, -0.15) is 5.10 Å². The summed E-state index contributed by atoms with van der Waals surface area (Å²) < 4.78 is 8.62. The molecule has 0 atom stereocenters. The van der Waals surface area contributed by atoms with Crippen molar-refractivity contribution in [3.05, 3.63) is 39.0 Å². The van der Waals surface area contributed by atoms with Gasteiger partial charge in [0.1, 0.15) is 5.75 Å². The number of halogens is 2. The Hall–Kier alpha value is -1.04. The Balaban J connectivity index is 2.35. The Labute approximate surface area is 132 Å². The predicted molar refractivity (Wildman–Crippen MR) is 84.6 cm³/mol. The summed E-state index contributed by atoms with van der Waals surface area (Å²) in [6, 6.07) is 5.53.